The fourth-order valence-electron chi connectivity index (χ4n) is 3.70. The van der Waals surface area contributed by atoms with Crippen LogP contribution in [-0.4, -0.2) is 45.1 Å². The van der Waals surface area contributed by atoms with Crippen LogP contribution in [0.5, 0.6) is 5.75 Å². The summed E-state index contributed by atoms with van der Waals surface area (Å²) in [7, 11) is -3.47. The quantitative estimate of drug-likeness (QED) is 0.805. The molecular formula is C19H30N2O3S. The average molecular weight is 367 g/mol. The Hall–Kier alpha value is -1.11. The summed E-state index contributed by atoms with van der Waals surface area (Å²) in [5.74, 6) is 0.757. The zero-order valence-electron chi connectivity index (χ0n) is 15.1. The SMILES string of the molecule is CC(CNS(=O)(=O)c1ccc(OC2CCCC2)cc1)N1CCCCC1. The van der Waals surface area contributed by atoms with Gasteiger partial charge in [-0.2, -0.15) is 0 Å². The molecule has 0 amide bonds. The summed E-state index contributed by atoms with van der Waals surface area (Å²) in [5.41, 5.74) is 0. The van der Waals surface area contributed by atoms with Crippen molar-refractivity contribution >= 4 is 10.0 Å². The molecule has 1 N–H and O–H groups in total. The molecule has 1 aromatic rings. The molecule has 140 valence electrons. The van der Waals surface area contributed by atoms with Crippen molar-refractivity contribution in [3.05, 3.63) is 24.3 Å². The molecule has 0 radical (unpaired) electrons. The third-order valence-electron chi connectivity index (χ3n) is 5.32. The van der Waals surface area contributed by atoms with Crippen LogP contribution in [0.15, 0.2) is 29.2 Å². The Morgan fingerprint density at radius 3 is 2.36 bits per heavy atom. The predicted octanol–water partition coefficient (Wildman–Crippen LogP) is 3.16. The second kappa shape index (κ2) is 8.52. The van der Waals surface area contributed by atoms with Gasteiger partial charge in [0, 0.05) is 12.6 Å². The minimum Gasteiger partial charge on any atom is -0.490 e. The van der Waals surface area contributed by atoms with Gasteiger partial charge in [-0.05, 0) is 82.8 Å². The molecule has 0 spiro atoms. The highest BCUT2D eigenvalue weighted by Gasteiger charge is 2.21. The lowest BCUT2D eigenvalue weighted by Gasteiger charge is -2.32. The largest absolute Gasteiger partial charge is 0.490 e. The fourth-order valence-corrected chi connectivity index (χ4v) is 4.82. The predicted molar refractivity (Wildman–Crippen MR) is 99.4 cm³/mol. The number of likely N-dealkylation sites (tertiary alicyclic amines) is 1. The van der Waals surface area contributed by atoms with Crippen LogP contribution in [0.2, 0.25) is 0 Å². The number of piperidine rings is 1. The van der Waals surface area contributed by atoms with Gasteiger partial charge in [-0.3, -0.25) is 4.90 Å². The smallest absolute Gasteiger partial charge is 0.240 e. The summed E-state index contributed by atoms with van der Waals surface area (Å²) < 4.78 is 33.7. The number of nitrogens with zero attached hydrogens (tertiary/aromatic N) is 1. The van der Waals surface area contributed by atoms with Gasteiger partial charge in [-0.15, -0.1) is 0 Å². The molecule has 1 unspecified atom stereocenters. The van der Waals surface area contributed by atoms with E-state index in [4.69, 9.17) is 4.74 Å². The molecule has 25 heavy (non-hydrogen) atoms. The Morgan fingerprint density at radius 2 is 1.72 bits per heavy atom. The van der Waals surface area contributed by atoms with Gasteiger partial charge in [0.1, 0.15) is 5.75 Å². The molecule has 1 aliphatic heterocycles. The normalized spacial score (nSPS) is 21.3. The molecule has 5 nitrogen and oxygen atoms in total. The third-order valence-corrected chi connectivity index (χ3v) is 6.76. The van der Waals surface area contributed by atoms with Crippen molar-refractivity contribution < 1.29 is 13.2 Å². The minimum atomic E-state index is -3.47. The molecule has 0 aromatic heterocycles. The molecule has 1 saturated heterocycles. The van der Waals surface area contributed by atoms with Crippen molar-refractivity contribution in [1.82, 2.24) is 9.62 Å². The second-order valence-corrected chi connectivity index (χ2v) is 9.06. The summed E-state index contributed by atoms with van der Waals surface area (Å²) in [6.07, 6.45) is 8.60. The van der Waals surface area contributed by atoms with E-state index in [9.17, 15) is 8.42 Å². The van der Waals surface area contributed by atoms with Crippen molar-refractivity contribution in [2.24, 2.45) is 0 Å². The maximum atomic E-state index is 12.5. The number of hydrogen-bond donors (Lipinski definition) is 1. The Bertz CT molecular complexity index is 633. The van der Waals surface area contributed by atoms with Crippen LogP contribution in [0.25, 0.3) is 0 Å². The van der Waals surface area contributed by atoms with Crippen LogP contribution in [0.3, 0.4) is 0 Å². The van der Waals surface area contributed by atoms with Gasteiger partial charge in [0.25, 0.3) is 0 Å². The van der Waals surface area contributed by atoms with Gasteiger partial charge < -0.3 is 4.74 Å². The van der Waals surface area contributed by atoms with Crippen molar-refractivity contribution in [1.29, 1.82) is 0 Å². The molecule has 2 fully saturated rings. The standard InChI is InChI=1S/C19H30N2O3S/c1-16(21-13-5-2-6-14-21)15-20-25(22,23)19-11-9-18(10-12-19)24-17-7-3-4-8-17/h9-12,16-17,20H,2-8,13-15H2,1H3. The lowest BCUT2D eigenvalue weighted by molar-refractivity contribution is 0.175. The van der Waals surface area contributed by atoms with Gasteiger partial charge in [-0.25, -0.2) is 13.1 Å². The van der Waals surface area contributed by atoms with Gasteiger partial charge in [0.05, 0.1) is 11.0 Å². The highest BCUT2D eigenvalue weighted by Crippen LogP contribution is 2.25. The van der Waals surface area contributed by atoms with Crippen LogP contribution in [-0.2, 0) is 10.0 Å². The van der Waals surface area contributed by atoms with E-state index in [1.807, 2.05) is 0 Å². The Balaban J connectivity index is 1.53. The summed E-state index contributed by atoms with van der Waals surface area (Å²) in [5, 5.41) is 0. The van der Waals surface area contributed by atoms with E-state index in [1.54, 1.807) is 24.3 Å². The molecule has 3 rings (SSSR count). The molecular weight excluding hydrogens is 336 g/mol. The van der Waals surface area contributed by atoms with E-state index in [0.29, 0.717) is 11.4 Å². The maximum Gasteiger partial charge on any atom is 0.240 e. The van der Waals surface area contributed by atoms with E-state index in [2.05, 4.69) is 16.5 Å². The van der Waals surface area contributed by atoms with Crippen molar-refractivity contribution in [2.45, 2.75) is 68.9 Å². The van der Waals surface area contributed by atoms with Gasteiger partial charge in [-0.1, -0.05) is 6.42 Å². The lowest BCUT2D eigenvalue weighted by atomic mass is 10.1. The van der Waals surface area contributed by atoms with Crippen LogP contribution < -0.4 is 9.46 Å². The molecule has 1 aliphatic carbocycles. The lowest BCUT2D eigenvalue weighted by Crippen LogP contribution is -2.44. The van der Waals surface area contributed by atoms with E-state index in [-0.39, 0.29) is 12.1 Å². The minimum absolute atomic E-state index is 0.222. The number of ether oxygens (including phenoxy) is 1. The van der Waals surface area contributed by atoms with Gasteiger partial charge in [0.2, 0.25) is 10.0 Å². The maximum absolute atomic E-state index is 12.5. The summed E-state index contributed by atoms with van der Waals surface area (Å²) in [6, 6.07) is 7.03. The molecule has 0 bridgehead atoms. The van der Waals surface area contributed by atoms with E-state index < -0.39 is 10.0 Å². The summed E-state index contributed by atoms with van der Waals surface area (Å²) in [4.78, 5) is 2.67. The van der Waals surface area contributed by atoms with Crippen LogP contribution in [0.4, 0.5) is 0 Å². The van der Waals surface area contributed by atoms with E-state index in [0.717, 1.165) is 31.7 Å². The Labute approximate surface area is 151 Å². The number of hydrogen-bond acceptors (Lipinski definition) is 4. The molecule has 2 aliphatic rings. The third kappa shape index (κ3) is 5.19. The van der Waals surface area contributed by atoms with Crippen molar-refractivity contribution in [3.63, 3.8) is 0 Å². The summed E-state index contributed by atoms with van der Waals surface area (Å²) in [6.45, 7) is 4.67. The first kappa shape index (κ1) is 18.7. The molecule has 1 saturated carbocycles. The zero-order chi connectivity index (χ0) is 17.7. The van der Waals surface area contributed by atoms with Crippen molar-refractivity contribution in [2.75, 3.05) is 19.6 Å². The van der Waals surface area contributed by atoms with Crippen LogP contribution in [0.1, 0.15) is 51.9 Å². The molecule has 6 heteroatoms. The second-order valence-electron chi connectivity index (χ2n) is 7.29. The first-order chi connectivity index (χ1) is 12.0. The topological polar surface area (TPSA) is 58.6 Å². The van der Waals surface area contributed by atoms with Crippen molar-refractivity contribution in [3.8, 4) is 5.75 Å². The van der Waals surface area contributed by atoms with Crippen LogP contribution >= 0.6 is 0 Å². The van der Waals surface area contributed by atoms with Crippen LogP contribution in [0, 0.1) is 0 Å². The Kier molecular flexibility index (Phi) is 6.36. The molecule has 1 atom stereocenters. The first-order valence-corrected chi connectivity index (χ1v) is 11.0. The highest BCUT2D eigenvalue weighted by atomic mass is 32.2. The number of nitrogens with one attached hydrogen (secondary N) is 1. The zero-order valence-corrected chi connectivity index (χ0v) is 15.9. The monoisotopic (exact) mass is 366 g/mol. The number of rotatable bonds is 7. The fraction of sp³-hybridized carbons (Fsp3) is 0.684. The van der Waals surface area contributed by atoms with E-state index in [1.165, 1.54) is 32.1 Å². The van der Waals surface area contributed by atoms with Gasteiger partial charge >= 0.3 is 0 Å². The summed E-state index contributed by atoms with van der Waals surface area (Å²) >= 11 is 0. The highest BCUT2D eigenvalue weighted by molar-refractivity contribution is 7.89. The first-order valence-electron chi connectivity index (χ1n) is 9.55. The molecule has 1 aromatic carbocycles. The average Bonchev–Trinajstić information content (AvgIpc) is 3.14. The Morgan fingerprint density at radius 1 is 1.08 bits per heavy atom. The van der Waals surface area contributed by atoms with E-state index >= 15 is 0 Å². The molecule has 1 heterocycles. The number of benzene rings is 1. The van der Waals surface area contributed by atoms with Gasteiger partial charge in [0.15, 0.2) is 0 Å². The number of sulfonamides is 1.